The quantitative estimate of drug-likeness (QED) is 0.756. The molecular weight excluding hydrogens is 311 g/mol. The molecule has 6 heteroatoms. The van der Waals surface area contributed by atoms with Gasteiger partial charge in [-0.25, -0.2) is 0 Å². The zero-order valence-corrected chi connectivity index (χ0v) is 12.5. The van der Waals surface area contributed by atoms with Crippen LogP contribution in [-0.4, -0.2) is 17.6 Å². The molecule has 1 amide bonds. The number of rotatable bonds is 4. The van der Waals surface area contributed by atoms with Gasteiger partial charge >= 0.3 is 0 Å². The van der Waals surface area contributed by atoms with Gasteiger partial charge in [0.1, 0.15) is 0 Å². The van der Waals surface area contributed by atoms with Gasteiger partial charge in [0.25, 0.3) is 5.91 Å². The highest BCUT2D eigenvalue weighted by Crippen LogP contribution is 2.20. The van der Waals surface area contributed by atoms with Crippen LogP contribution < -0.4 is 11.1 Å². The maximum Gasteiger partial charge on any atom is 0.251 e. The molecule has 2 aromatic carbocycles. The van der Waals surface area contributed by atoms with E-state index < -0.39 is 6.10 Å². The van der Waals surface area contributed by atoms with Crippen LogP contribution in [0.3, 0.4) is 0 Å². The first kappa shape index (κ1) is 15.6. The molecule has 0 heterocycles. The number of halogens is 2. The molecule has 4 nitrogen and oxygen atoms in total. The van der Waals surface area contributed by atoms with E-state index in [2.05, 4.69) is 5.32 Å². The fourth-order valence-corrected chi connectivity index (χ4v) is 2.02. The number of hydrogen-bond acceptors (Lipinski definition) is 3. The fraction of sp³-hybridized carbons (Fsp3) is 0.133. The van der Waals surface area contributed by atoms with E-state index in [1.165, 1.54) is 6.07 Å². The van der Waals surface area contributed by atoms with Gasteiger partial charge in [0.2, 0.25) is 0 Å². The van der Waals surface area contributed by atoms with Gasteiger partial charge in [0.05, 0.1) is 16.8 Å². The Morgan fingerprint density at radius 1 is 1.19 bits per heavy atom. The number of carbonyl (C=O) groups is 1. The van der Waals surface area contributed by atoms with Crippen molar-refractivity contribution in [2.24, 2.45) is 0 Å². The van der Waals surface area contributed by atoms with E-state index in [0.717, 1.165) is 0 Å². The number of aliphatic hydroxyl groups excluding tert-OH is 1. The van der Waals surface area contributed by atoms with Gasteiger partial charge in [0.15, 0.2) is 0 Å². The number of amides is 1. The topological polar surface area (TPSA) is 75.4 Å². The summed E-state index contributed by atoms with van der Waals surface area (Å²) in [5.41, 5.74) is 7.05. The molecular formula is C15H14Cl2N2O2. The van der Waals surface area contributed by atoms with Crippen molar-refractivity contribution in [3.8, 4) is 0 Å². The summed E-state index contributed by atoms with van der Waals surface area (Å²) >= 11 is 11.6. The Hall–Kier alpha value is -1.75. The summed E-state index contributed by atoms with van der Waals surface area (Å²) in [4.78, 5) is 12.0. The van der Waals surface area contributed by atoms with E-state index in [4.69, 9.17) is 28.9 Å². The monoisotopic (exact) mass is 324 g/mol. The summed E-state index contributed by atoms with van der Waals surface area (Å²) in [7, 11) is 0. The van der Waals surface area contributed by atoms with Crippen LogP contribution >= 0.6 is 23.2 Å². The van der Waals surface area contributed by atoms with Crippen molar-refractivity contribution >= 4 is 34.8 Å². The molecule has 4 N–H and O–H groups in total. The van der Waals surface area contributed by atoms with Crippen LogP contribution in [0.1, 0.15) is 22.0 Å². The molecule has 2 aromatic rings. The molecule has 0 fully saturated rings. The normalized spacial score (nSPS) is 12.0. The van der Waals surface area contributed by atoms with Gasteiger partial charge in [-0.15, -0.1) is 0 Å². The van der Waals surface area contributed by atoms with Crippen LogP contribution in [0.5, 0.6) is 0 Å². The number of hydrogen-bond donors (Lipinski definition) is 3. The van der Waals surface area contributed by atoms with E-state index in [1.807, 2.05) is 0 Å². The Labute approximate surface area is 132 Å². The summed E-state index contributed by atoms with van der Waals surface area (Å²) in [5, 5.41) is 13.6. The highest BCUT2D eigenvalue weighted by Gasteiger charge is 2.11. The Balaban J connectivity index is 1.97. The lowest BCUT2D eigenvalue weighted by molar-refractivity contribution is 0.0916. The van der Waals surface area contributed by atoms with Crippen LogP contribution in [0.25, 0.3) is 0 Å². The summed E-state index contributed by atoms with van der Waals surface area (Å²) < 4.78 is 0. The highest BCUT2D eigenvalue weighted by atomic mass is 35.5. The second kappa shape index (κ2) is 6.80. The Kier molecular flexibility index (Phi) is 5.07. The maximum atomic E-state index is 12.0. The Morgan fingerprint density at radius 2 is 1.86 bits per heavy atom. The molecule has 0 saturated heterocycles. The third-order valence-corrected chi connectivity index (χ3v) is 3.57. The van der Waals surface area contributed by atoms with E-state index >= 15 is 0 Å². The lowest BCUT2D eigenvalue weighted by Crippen LogP contribution is -2.28. The molecule has 1 unspecified atom stereocenters. The molecule has 2 rings (SSSR count). The van der Waals surface area contributed by atoms with Crippen molar-refractivity contribution in [3.05, 3.63) is 63.6 Å². The first-order valence-corrected chi connectivity index (χ1v) is 6.99. The predicted octanol–water partition coefficient (Wildman–Crippen LogP) is 3.04. The van der Waals surface area contributed by atoms with Crippen molar-refractivity contribution < 1.29 is 9.90 Å². The molecule has 0 saturated carbocycles. The minimum Gasteiger partial charge on any atom is -0.398 e. The predicted molar refractivity (Wildman–Crippen MR) is 84.6 cm³/mol. The minimum atomic E-state index is -0.809. The number of benzene rings is 2. The van der Waals surface area contributed by atoms with Gasteiger partial charge in [-0.2, -0.15) is 0 Å². The summed E-state index contributed by atoms with van der Waals surface area (Å²) in [6.07, 6.45) is -0.809. The van der Waals surface area contributed by atoms with E-state index in [1.54, 1.807) is 36.4 Å². The summed E-state index contributed by atoms with van der Waals surface area (Å²) in [6.45, 7) is 0.0863. The van der Waals surface area contributed by atoms with Gasteiger partial charge in [-0.3, -0.25) is 4.79 Å². The highest BCUT2D eigenvalue weighted by molar-refractivity contribution is 6.33. The van der Waals surface area contributed by atoms with Crippen molar-refractivity contribution in [1.29, 1.82) is 0 Å². The van der Waals surface area contributed by atoms with Crippen LogP contribution in [0.2, 0.25) is 10.0 Å². The lowest BCUT2D eigenvalue weighted by Gasteiger charge is -2.12. The smallest absolute Gasteiger partial charge is 0.251 e. The number of aliphatic hydroxyl groups is 1. The van der Waals surface area contributed by atoms with Crippen molar-refractivity contribution in [1.82, 2.24) is 5.32 Å². The second-order valence-corrected chi connectivity index (χ2v) is 5.36. The van der Waals surface area contributed by atoms with Crippen LogP contribution in [0.4, 0.5) is 5.69 Å². The van der Waals surface area contributed by atoms with Gasteiger partial charge < -0.3 is 16.2 Å². The van der Waals surface area contributed by atoms with Gasteiger partial charge in [0, 0.05) is 17.1 Å². The molecule has 1 atom stereocenters. The largest absolute Gasteiger partial charge is 0.398 e. The molecule has 0 bridgehead atoms. The molecule has 0 aliphatic heterocycles. The van der Waals surface area contributed by atoms with E-state index in [-0.39, 0.29) is 12.5 Å². The van der Waals surface area contributed by atoms with E-state index in [9.17, 15) is 9.90 Å². The Morgan fingerprint density at radius 3 is 2.48 bits per heavy atom. The van der Waals surface area contributed by atoms with E-state index in [0.29, 0.717) is 26.9 Å². The van der Waals surface area contributed by atoms with Gasteiger partial charge in [-0.05, 0) is 35.9 Å². The minimum absolute atomic E-state index is 0.0863. The third-order valence-electron chi connectivity index (χ3n) is 2.97. The molecule has 0 aliphatic rings. The third kappa shape index (κ3) is 4.11. The number of nitrogen functional groups attached to an aromatic ring is 1. The lowest BCUT2D eigenvalue weighted by atomic mass is 10.1. The second-order valence-electron chi connectivity index (χ2n) is 4.51. The summed E-state index contributed by atoms with van der Waals surface area (Å²) in [5.74, 6) is -0.327. The molecule has 0 radical (unpaired) electrons. The number of carbonyl (C=O) groups excluding carboxylic acids is 1. The first-order valence-electron chi connectivity index (χ1n) is 6.24. The van der Waals surface area contributed by atoms with Crippen molar-refractivity contribution in [2.75, 3.05) is 12.3 Å². The number of nitrogens with one attached hydrogen (secondary N) is 1. The van der Waals surface area contributed by atoms with Crippen LogP contribution in [0, 0.1) is 0 Å². The number of anilines is 1. The first-order chi connectivity index (χ1) is 9.97. The molecule has 0 spiro atoms. The average molecular weight is 325 g/mol. The molecule has 21 heavy (non-hydrogen) atoms. The molecule has 110 valence electrons. The fourth-order valence-electron chi connectivity index (χ4n) is 1.78. The van der Waals surface area contributed by atoms with Crippen LogP contribution in [0.15, 0.2) is 42.5 Å². The number of nitrogens with two attached hydrogens (primary N) is 1. The standard InChI is InChI=1S/C15H14Cl2N2O2/c16-11-4-1-9(2-5-11)14(20)8-19-15(21)10-3-6-12(17)13(18)7-10/h1-7,14,20H,8,18H2,(H,19,21). The van der Waals surface area contributed by atoms with Gasteiger partial charge in [-0.1, -0.05) is 35.3 Å². The van der Waals surface area contributed by atoms with Crippen molar-refractivity contribution in [3.63, 3.8) is 0 Å². The maximum absolute atomic E-state index is 12.0. The van der Waals surface area contributed by atoms with Crippen molar-refractivity contribution in [2.45, 2.75) is 6.10 Å². The average Bonchev–Trinajstić information content (AvgIpc) is 2.48. The Bertz CT molecular complexity index is 645. The zero-order chi connectivity index (χ0) is 15.4. The zero-order valence-electron chi connectivity index (χ0n) is 11.0. The SMILES string of the molecule is Nc1cc(C(=O)NCC(O)c2ccc(Cl)cc2)ccc1Cl. The molecule has 0 aliphatic carbocycles. The van der Waals surface area contributed by atoms with Crippen LogP contribution in [-0.2, 0) is 0 Å². The molecule has 0 aromatic heterocycles. The summed E-state index contributed by atoms with van der Waals surface area (Å²) in [6, 6.07) is 11.4.